The predicted octanol–water partition coefficient (Wildman–Crippen LogP) is -0.0248. The van der Waals surface area contributed by atoms with E-state index in [0.29, 0.717) is 11.9 Å². The third-order valence-corrected chi connectivity index (χ3v) is 5.51. The van der Waals surface area contributed by atoms with Crippen molar-refractivity contribution in [2.24, 2.45) is 0 Å². The lowest BCUT2D eigenvalue weighted by Gasteiger charge is -2.35. The molecule has 3 saturated heterocycles. The standard InChI is InChI=1S/C15H28N4O/c1-12(15(20)18-9-6-16-7-10-18)19-8-5-13-3-4-14(11-19)17(13)2/h12-14,16H,3-11H2,1-2H3. The molecule has 5 nitrogen and oxygen atoms in total. The normalized spacial score (nSPS) is 34.0. The minimum Gasteiger partial charge on any atom is -0.339 e. The van der Waals surface area contributed by atoms with Crippen molar-refractivity contribution < 1.29 is 4.79 Å². The number of likely N-dealkylation sites (tertiary alicyclic amines) is 1. The van der Waals surface area contributed by atoms with E-state index in [-0.39, 0.29) is 6.04 Å². The second kappa shape index (κ2) is 6.00. The van der Waals surface area contributed by atoms with Gasteiger partial charge in [-0.25, -0.2) is 0 Å². The minimum atomic E-state index is 0.0425. The summed E-state index contributed by atoms with van der Waals surface area (Å²) in [6, 6.07) is 1.44. The van der Waals surface area contributed by atoms with Crippen LogP contribution in [-0.4, -0.2) is 85.0 Å². The van der Waals surface area contributed by atoms with Crippen molar-refractivity contribution in [1.29, 1.82) is 0 Å². The number of hydrogen-bond acceptors (Lipinski definition) is 4. The van der Waals surface area contributed by atoms with Crippen LogP contribution >= 0.6 is 0 Å². The third-order valence-electron chi connectivity index (χ3n) is 5.51. The molecule has 0 aromatic heterocycles. The molecule has 1 amide bonds. The summed E-state index contributed by atoms with van der Waals surface area (Å²) < 4.78 is 0. The number of nitrogens with one attached hydrogen (secondary N) is 1. The Labute approximate surface area is 122 Å². The molecule has 3 atom stereocenters. The minimum absolute atomic E-state index is 0.0425. The van der Waals surface area contributed by atoms with Crippen LogP contribution in [0.5, 0.6) is 0 Å². The third kappa shape index (κ3) is 2.71. The summed E-state index contributed by atoms with van der Waals surface area (Å²) in [5.74, 6) is 0.326. The number of rotatable bonds is 2. The highest BCUT2D eigenvalue weighted by Gasteiger charge is 2.37. The van der Waals surface area contributed by atoms with E-state index in [4.69, 9.17) is 0 Å². The number of carbonyl (C=O) groups excluding carboxylic acids is 1. The maximum atomic E-state index is 12.6. The molecule has 0 spiro atoms. The summed E-state index contributed by atoms with van der Waals surface area (Å²) in [4.78, 5) is 19.6. The average Bonchev–Trinajstić information content (AvgIpc) is 2.72. The van der Waals surface area contributed by atoms with Crippen LogP contribution in [0.2, 0.25) is 0 Å². The maximum Gasteiger partial charge on any atom is 0.239 e. The van der Waals surface area contributed by atoms with Crippen molar-refractivity contribution >= 4 is 5.91 Å². The largest absolute Gasteiger partial charge is 0.339 e. The number of fused-ring (bicyclic) bond motifs is 2. The van der Waals surface area contributed by atoms with Gasteiger partial charge in [-0.1, -0.05) is 0 Å². The molecule has 1 N–H and O–H groups in total. The van der Waals surface area contributed by atoms with Crippen molar-refractivity contribution in [2.75, 3.05) is 46.3 Å². The molecule has 5 heteroatoms. The fourth-order valence-corrected chi connectivity index (χ4v) is 3.99. The van der Waals surface area contributed by atoms with Crippen LogP contribution in [0.15, 0.2) is 0 Å². The highest BCUT2D eigenvalue weighted by Crippen LogP contribution is 2.29. The van der Waals surface area contributed by atoms with E-state index in [1.54, 1.807) is 0 Å². The first-order valence-corrected chi connectivity index (χ1v) is 8.12. The fourth-order valence-electron chi connectivity index (χ4n) is 3.99. The van der Waals surface area contributed by atoms with Crippen LogP contribution < -0.4 is 5.32 Å². The lowest BCUT2D eigenvalue weighted by Crippen LogP contribution is -2.54. The van der Waals surface area contributed by atoms with E-state index in [0.717, 1.165) is 45.3 Å². The van der Waals surface area contributed by atoms with Gasteiger partial charge in [-0.05, 0) is 33.2 Å². The molecule has 114 valence electrons. The van der Waals surface area contributed by atoms with Gasteiger partial charge in [-0.3, -0.25) is 14.6 Å². The maximum absolute atomic E-state index is 12.6. The summed E-state index contributed by atoms with van der Waals surface area (Å²) >= 11 is 0. The van der Waals surface area contributed by atoms with Gasteiger partial charge in [0.15, 0.2) is 0 Å². The van der Waals surface area contributed by atoms with E-state index < -0.39 is 0 Å². The van der Waals surface area contributed by atoms with Gasteiger partial charge in [0.25, 0.3) is 0 Å². The van der Waals surface area contributed by atoms with E-state index in [1.165, 1.54) is 19.3 Å². The molecule has 20 heavy (non-hydrogen) atoms. The molecule has 0 radical (unpaired) electrons. The van der Waals surface area contributed by atoms with E-state index in [2.05, 4.69) is 29.1 Å². The molecule has 3 unspecified atom stereocenters. The molecule has 3 heterocycles. The Morgan fingerprint density at radius 1 is 1.10 bits per heavy atom. The Hall–Kier alpha value is -0.650. The highest BCUT2D eigenvalue weighted by atomic mass is 16.2. The topological polar surface area (TPSA) is 38.8 Å². The van der Waals surface area contributed by atoms with Crippen LogP contribution in [0.1, 0.15) is 26.2 Å². The monoisotopic (exact) mass is 280 g/mol. The number of piperazine rings is 1. The van der Waals surface area contributed by atoms with Gasteiger partial charge in [0.1, 0.15) is 0 Å². The fraction of sp³-hybridized carbons (Fsp3) is 0.933. The summed E-state index contributed by atoms with van der Waals surface area (Å²) in [5.41, 5.74) is 0. The van der Waals surface area contributed by atoms with E-state index in [9.17, 15) is 4.79 Å². The molecule has 3 aliphatic rings. The second-order valence-electron chi connectivity index (χ2n) is 6.59. The number of likely N-dealkylation sites (N-methyl/N-ethyl adjacent to an activating group) is 1. The molecule has 0 aliphatic carbocycles. The van der Waals surface area contributed by atoms with Crippen molar-refractivity contribution in [1.82, 2.24) is 20.0 Å². The lowest BCUT2D eigenvalue weighted by molar-refractivity contribution is -0.137. The highest BCUT2D eigenvalue weighted by molar-refractivity contribution is 5.81. The Bertz CT molecular complexity index is 356. The molecular weight excluding hydrogens is 252 g/mol. The van der Waals surface area contributed by atoms with Crippen molar-refractivity contribution in [3.05, 3.63) is 0 Å². The van der Waals surface area contributed by atoms with Crippen LogP contribution in [0.25, 0.3) is 0 Å². The zero-order valence-corrected chi connectivity index (χ0v) is 12.8. The average molecular weight is 280 g/mol. The molecule has 0 aromatic carbocycles. The summed E-state index contributed by atoms with van der Waals surface area (Å²) in [6.07, 6.45) is 3.85. The Kier molecular flexibility index (Phi) is 4.29. The van der Waals surface area contributed by atoms with Crippen LogP contribution in [0, 0.1) is 0 Å². The molecule has 3 rings (SSSR count). The molecule has 2 bridgehead atoms. The van der Waals surface area contributed by atoms with Crippen molar-refractivity contribution in [3.63, 3.8) is 0 Å². The smallest absolute Gasteiger partial charge is 0.239 e. The van der Waals surface area contributed by atoms with E-state index >= 15 is 0 Å². The van der Waals surface area contributed by atoms with Gasteiger partial charge in [-0.2, -0.15) is 0 Å². The van der Waals surface area contributed by atoms with Gasteiger partial charge in [-0.15, -0.1) is 0 Å². The first-order valence-electron chi connectivity index (χ1n) is 8.12. The Balaban J connectivity index is 1.61. The summed E-state index contributed by atoms with van der Waals surface area (Å²) in [5, 5.41) is 3.31. The molecule has 0 aromatic rings. The van der Waals surface area contributed by atoms with Crippen LogP contribution in [0.4, 0.5) is 0 Å². The number of amides is 1. The predicted molar refractivity (Wildman–Crippen MR) is 79.7 cm³/mol. The number of hydrogen-bond donors (Lipinski definition) is 1. The summed E-state index contributed by atoms with van der Waals surface area (Å²) in [7, 11) is 2.26. The lowest BCUT2D eigenvalue weighted by atomic mass is 10.1. The molecule has 3 fully saturated rings. The van der Waals surface area contributed by atoms with E-state index in [1.807, 2.05) is 4.90 Å². The second-order valence-corrected chi connectivity index (χ2v) is 6.59. The van der Waals surface area contributed by atoms with Gasteiger partial charge < -0.3 is 10.2 Å². The van der Waals surface area contributed by atoms with Gasteiger partial charge in [0.2, 0.25) is 5.91 Å². The zero-order chi connectivity index (χ0) is 14.1. The molecule has 3 aliphatic heterocycles. The first kappa shape index (κ1) is 14.3. The molecule has 0 saturated carbocycles. The van der Waals surface area contributed by atoms with Crippen LogP contribution in [-0.2, 0) is 4.79 Å². The van der Waals surface area contributed by atoms with Crippen molar-refractivity contribution in [3.8, 4) is 0 Å². The first-order chi connectivity index (χ1) is 9.66. The number of carbonyl (C=O) groups is 1. The van der Waals surface area contributed by atoms with Crippen LogP contribution in [0.3, 0.4) is 0 Å². The Morgan fingerprint density at radius 3 is 2.55 bits per heavy atom. The zero-order valence-electron chi connectivity index (χ0n) is 12.8. The Morgan fingerprint density at radius 2 is 1.80 bits per heavy atom. The van der Waals surface area contributed by atoms with Gasteiger partial charge in [0, 0.05) is 51.4 Å². The summed E-state index contributed by atoms with van der Waals surface area (Å²) in [6.45, 7) is 7.84. The quantitative estimate of drug-likeness (QED) is 0.771. The SMILES string of the molecule is CC(C(=O)N1CCNCC1)N1CCC2CCC(C1)N2C. The molecular formula is C15H28N4O. The number of nitrogens with zero attached hydrogens (tertiary/aromatic N) is 3. The van der Waals surface area contributed by atoms with Gasteiger partial charge >= 0.3 is 0 Å². The van der Waals surface area contributed by atoms with Gasteiger partial charge in [0.05, 0.1) is 6.04 Å². The van der Waals surface area contributed by atoms with Crippen molar-refractivity contribution in [2.45, 2.75) is 44.3 Å².